The van der Waals surface area contributed by atoms with Gasteiger partial charge in [-0.2, -0.15) is 5.10 Å². The van der Waals surface area contributed by atoms with Crippen LogP contribution in [0.25, 0.3) is 0 Å². The van der Waals surface area contributed by atoms with Crippen LogP contribution in [0.5, 0.6) is 0 Å². The van der Waals surface area contributed by atoms with Crippen molar-refractivity contribution in [1.82, 2.24) is 9.78 Å². The molecule has 0 spiro atoms. The maximum atomic E-state index is 13.1. The fourth-order valence-corrected chi connectivity index (χ4v) is 2.45. The molecular formula is C14H14BrFN2O. The minimum absolute atomic E-state index is 0.0663. The van der Waals surface area contributed by atoms with Crippen LogP contribution in [-0.4, -0.2) is 15.6 Å². The lowest BCUT2D eigenvalue weighted by Crippen LogP contribution is -2.13. The fraction of sp³-hybridized carbons (Fsp3) is 0.286. The molecule has 1 aromatic carbocycles. The van der Waals surface area contributed by atoms with Gasteiger partial charge in [0.15, 0.2) is 5.78 Å². The van der Waals surface area contributed by atoms with Gasteiger partial charge < -0.3 is 0 Å². The normalized spacial score (nSPS) is 10.7. The number of Topliss-reactive ketones (excluding diaryl/α,β-unsaturated/α-hetero) is 1. The number of benzene rings is 1. The van der Waals surface area contributed by atoms with Gasteiger partial charge in [-0.05, 0) is 40.0 Å². The summed E-state index contributed by atoms with van der Waals surface area (Å²) in [5.41, 5.74) is 1.22. The summed E-state index contributed by atoms with van der Waals surface area (Å²) in [6.07, 6.45) is 2.69. The molecule has 0 amide bonds. The summed E-state index contributed by atoms with van der Waals surface area (Å²) in [5, 5.41) is 4.16. The molecule has 2 rings (SSSR count). The highest BCUT2D eigenvalue weighted by molar-refractivity contribution is 9.10. The summed E-state index contributed by atoms with van der Waals surface area (Å²) < 4.78 is 15.5. The number of nitrogens with zero attached hydrogens (tertiary/aromatic N) is 2. The predicted octanol–water partition coefficient (Wildman–Crippen LogP) is 3.62. The molecule has 0 atom stereocenters. The second-order valence-electron chi connectivity index (χ2n) is 4.29. The van der Waals surface area contributed by atoms with Gasteiger partial charge in [0.2, 0.25) is 0 Å². The Hall–Kier alpha value is -1.49. The molecule has 100 valence electrons. The van der Waals surface area contributed by atoms with Crippen LogP contribution < -0.4 is 0 Å². The van der Waals surface area contributed by atoms with E-state index in [9.17, 15) is 9.18 Å². The van der Waals surface area contributed by atoms with Crippen molar-refractivity contribution in [2.24, 2.45) is 0 Å². The van der Waals surface area contributed by atoms with E-state index in [1.807, 2.05) is 6.92 Å². The predicted molar refractivity (Wildman–Crippen MR) is 74.7 cm³/mol. The molecule has 0 aliphatic rings. The molecule has 19 heavy (non-hydrogen) atoms. The average Bonchev–Trinajstić information content (AvgIpc) is 2.71. The molecule has 3 nitrogen and oxygen atoms in total. The van der Waals surface area contributed by atoms with Gasteiger partial charge in [-0.25, -0.2) is 4.39 Å². The van der Waals surface area contributed by atoms with Gasteiger partial charge in [0, 0.05) is 13.0 Å². The van der Waals surface area contributed by atoms with Crippen LogP contribution in [0.3, 0.4) is 0 Å². The lowest BCUT2D eigenvalue weighted by Gasteiger charge is -2.06. The first-order valence-corrected chi connectivity index (χ1v) is 6.90. The largest absolute Gasteiger partial charge is 0.292 e. The van der Waals surface area contributed by atoms with Gasteiger partial charge in [0.1, 0.15) is 11.5 Å². The molecule has 0 saturated carbocycles. The number of halogens is 2. The quantitative estimate of drug-likeness (QED) is 0.787. The summed E-state index contributed by atoms with van der Waals surface area (Å²) in [4.78, 5) is 12.3. The third kappa shape index (κ3) is 3.29. The molecule has 0 aliphatic heterocycles. The molecule has 1 heterocycles. The Balaban J connectivity index is 2.22. The molecule has 0 radical (unpaired) electrons. The number of carbonyl (C=O) groups excluding carboxylic acids is 1. The summed E-state index contributed by atoms with van der Waals surface area (Å²) in [6.45, 7) is 2.71. The number of ketones is 1. The Labute approximate surface area is 119 Å². The van der Waals surface area contributed by atoms with Crippen LogP contribution in [0.4, 0.5) is 4.39 Å². The summed E-state index contributed by atoms with van der Waals surface area (Å²) >= 11 is 3.34. The van der Waals surface area contributed by atoms with Crippen molar-refractivity contribution in [2.75, 3.05) is 0 Å². The van der Waals surface area contributed by atoms with Gasteiger partial charge in [0.05, 0.1) is 10.7 Å². The standard InChI is InChI=1S/C14H14BrFN2O/c1-2-6-18-14(12(15)9-17-18)13(19)8-10-4-3-5-11(16)7-10/h3-5,7,9H,2,6,8H2,1H3. The molecule has 0 aliphatic carbocycles. The van der Waals surface area contributed by atoms with E-state index in [0.717, 1.165) is 6.42 Å². The first-order valence-electron chi connectivity index (χ1n) is 6.10. The second-order valence-corrected chi connectivity index (χ2v) is 5.15. The molecule has 0 N–H and O–H groups in total. The highest BCUT2D eigenvalue weighted by Gasteiger charge is 2.17. The Kier molecular flexibility index (Phi) is 4.47. The Morgan fingerprint density at radius 1 is 1.47 bits per heavy atom. The number of hydrogen-bond donors (Lipinski definition) is 0. The number of carbonyl (C=O) groups is 1. The van der Waals surface area contributed by atoms with Crippen molar-refractivity contribution in [3.8, 4) is 0 Å². The number of aryl methyl sites for hydroxylation is 1. The van der Waals surface area contributed by atoms with E-state index in [4.69, 9.17) is 0 Å². The van der Waals surface area contributed by atoms with Crippen LogP contribution in [0.2, 0.25) is 0 Å². The number of aromatic nitrogens is 2. The molecule has 1 aromatic heterocycles. The van der Waals surface area contributed by atoms with E-state index in [0.29, 0.717) is 22.3 Å². The lowest BCUT2D eigenvalue weighted by molar-refractivity contribution is 0.0981. The molecule has 0 bridgehead atoms. The zero-order valence-corrected chi connectivity index (χ0v) is 12.2. The minimum Gasteiger partial charge on any atom is -0.292 e. The molecule has 0 unspecified atom stereocenters. The Morgan fingerprint density at radius 3 is 2.95 bits per heavy atom. The SMILES string of the molecule is CCCn1ncc(Br)c1C(=O)Cc1cccc(F)c1. The van der Waals surface area contributed by atoms with Crippen molar-refractivity contribution in [3.63, 3.8) is 0 Å². The van der Waals surface area contributed by atoms with Crippen molar-refractivity contribution in [2.45, 2.75) is 26.3 Å². The van der Waals surface area contributed by atoms with Crippen LogP contribution in [0, 0.1) is 5.82 Å². The van der Waals surface area contributed by atoms with E-state index in [1.165, 1.54) is 12.1 Å². The molecule has 0 fully saturated rings. The van der Waals surface area contributed by atoms with Gasteiger partial charge in [-0.1, -0.05) is 19.1 Å². The fourth-order valence-electron chi connectivity index (χ4n) is 1.94. The van der Waals surface area contributed by atoms with Gasteiger partial charge in [-0.3, -0.25) is 9.48 Å². The van der Waals surface area contributed by atoms with Crippen molar-refractivity contribution in [3.05, 3.63) is 52.0 Å². The van der Waals surface area contributed by atoms with E-state index < -0.39 is 0 Å². The third-order valence-electron chi connectivity index (χ3n) is 2.75. The Bertz CT molecular complexity index is 595. The summed E-state index contributed by atoms with van der Waals surface area (Å²) in [6, 6.07) is 6.10. The van der Waals surface area contributed by atoms with Crippen LogP contribution >= 0.6 is 15.9 Å². The summed E-state index contributed by atoms with van der Waals surface area (Å²) in [5.74, 6) is -0.394. The van der Waals surface area contributed by atoms with Crippen molar-refractivity contribution >= 4 is 21.7 Å². The maximum Gasteiger partial charge on any atom is 0.186 e. The maximum absolute atomic E-state index is 13.1. The average molecular weight is 325 g/mol. The summed E-state index contributed by atoms with van der Waals surface area (Å²) in [7, 11) is 0. The van der Waals surface area contributed by atoms with Crippen LogP contribution in [-0.2, 0) is 13.0 Å². The monoisotopic (exact) mass is 324 g/mol. The van der Waals surface area contributed by atoms with Crippen molar-refractivity contribution in [1.29, 1.82) is 0 Å². The van der Waals surface area contributed by atoms with E-state index >= 15 is 0 Å². The smallest absolute Gasteiger partial charge is 0.186 e. The van der Waals surface area contributed by atoms with E-state index in [-0.39, 0.29) is 18.0 Å². The second kappa shape index (κ2) is 6.10. The molecule has 5 heteroatoms. The zero-order chi connectivity index (χ0) is 13.8. The first kappa shape index (κ1) is 13.9. The van der Waals surface area contributed by atoms with Gasteiger partial charge >= 0.3 is 0 Å². The lowest BCUT2D eigenvalue weighted by atomic mass is 10.1. The Morgan fingerprint density at radius 2 is 2.26 bits per heavy atom. The van der Waals surface area contributed by atoms with Crippen LogP contribution in [0.1, 0.15) is 29.4 Å². The molecular weight excluding hydrogens is 311 g/mol. The highest BCUT2D eigenvalue weighted by atomic mass is 79.9. The highest BCUT2D eigenvalue weighted by Crippen LogP contribution is 2.19. The first-order chi connectivity index (χ1) is 9.11. The van der Waals surface area contributed by atoms with Crippen LogP contribution in [0.15, 0.2) is 34.9 Å². The zero-order valence-electron chi connectivity index (χ0n) is 10.6. The number of rotatable bonds is 5. The van der Waals surface area contributed by atoms with Gasteiger partial charge in [0.25, 0.3) is 0 Å². The van der Waals surface area contributed by atoms with E-state index in [1.54, 1.807) is 23.0 Å². The topological polar surface area (TPSA) is 34.9 Å². The minimum atomic E-state index is -0.327. The molecule has 2 aromatic rings. The van der Waals surface area contributed by atoms with E-state index in [2.05, 4.69) is 21.0 Å². The van der Waals surface area contributed by atoms with Crippen molar-refractivity contribution < 1.29 is 9.18 Å². The molecule has 0 saturated heterocycles. The third-order valence-corrected chi connectivity index (χ3v) is 3.33. The number of hydrogen-bond acceptors (Lipinski definition) is 2. The van der Waals surface area contributed by atoms with Gasteiger partial charge in [-0.15, -0.1) is 0 Å².